The van der Waals surface area contributed by atoms with E-state index in [1.54, 1.807) is 18.2 Å². The fraction of sp³-hybridized carbons (Fsp3) is 0.500. The second-order valence-corrected chi connectivity index (χ2v) is 6.98. The van der Waals surface area contributed by atoms with Crippen molar-refractivity contribution < 1.29 is 14.4 Å². The summed E-state index contributed by atoms with van der Waals surface area (Å²) in [5, 5.41) is 13.7. The Kier molecular flexibility index (Phi) is 4.92. The first-order valence-corrected chi connectivity index (χ1v) is 7.73. The maximum Gasteiger partial charge on any atom is 0.491 e. The van der Waals surface area contributed by atoms with Gasteiger partial charge in [0, 0.05) is 17.1 Å². The number of phenolic OH excluding ortho intramolecular Hbond substituents is 1. The molecule has 1 aromatic carbocycles. The summed E-state index contributed by atoms with van der Waals surface area (Å²) in [5.41, 5.74) is 0.744. The Morgan fingerprint density at radius 2 is 1.86 bits per heavy atom. The lowest BCUT2D eigenvalue weighted by Gasteiger charge is -2.32. The Hall–Kier alpha value is -1.01. The molecule has 0 spiro atoms. The van der Waals surface area contributed by atoms with Gasteiger partial charge in [0.05, 0.1) is 11.2 Å². The quantitative estimate of drug-likeness (QED) is 0.835. The number of halogens is 1. The largest absolute Gasteiger partial charge is 0.507 e. The number of likely N-dealkylation sites (N-methyl/N-ethyl adjacent to an activating group) is 1. The van der Waals surface area contributed by atoms with Gasteiger partial charge in [0.1, 0.15) is 5.75 Å². The molecule has 120 valence electrons. The lowest BCUT2D eigenvalue weighted by atomic mass is 9.77. The molecule has 0 radical (unpaired) electrons. The summed E-state index contributed by atoms with van der Waals surface area (Å²) in [6.45, 7) is 8.65. The summed E-state index contributed by atoms with van der Waals surface area (Å²) < 4.78 is 12.2. The first kappa shape index (κ1) is 17.4. The molecule has 6 heteroatoms. The molecule has 0 saturated carbocycles. The Balaban J connectivity index is 2.35. The number of hydrogen-bond donors (Lipinski definition) is 2. The van der Waals surface area contributed by atoms with Crippen molar-refractivity contribution in [2.75, 3.05) is 13.6 Å². The molecule has 1 aliphatic heterocycles. The van der Waals surface area contributed by atoms with E-state index in [1.807, 2.05) is 40.8 Å². The third kappa shape index (κ3) is 3.49. The molecule has 2 N–H and O–H groups in total. The molecule has 1 saturated heterocycles. The minimum Gasteiger partial charge on any atom is -0.507 e. The smallest absolute Gasteiger partial charge is 0.491 e. The molecule has 22 heavy (non-hydrogen) atoms. The Labute approximate surface area is 137 Å². The molecular formula is C16H23BClNO3. The van der Waals surface area contributed by atoms with Crippen molar-refractivity contribution in [2.24, 2.45) is 0 Å². The first-order valence-electron chi connectivity index (χ1n) is 7.35. The molecule has 0 amide bonds. The Bertz CT molecular complexity index is 571. The number of benzene rings is 1. The van der Waals surface area contributed by atoms with Crippen molar-refractivity contribution in [3.8, 4) is 5.75 Å². The van der Waals surface area contributed by atoms with E-state index in [-0.39, 0.29) is 5.75 Å². The average molecular weight is 324 g/mol. The monoisotopic (exact) mass is 323 g/mol. The van der Waals surface area contributed by atoms with E-state index in [2.05, 4.69) is 5.32 Å². The third-order valence-electron chi connectivity index (χ3n) is 4.27. The molecule has 0 unspecified atom stereocenters. The van der Waals surface area contributed by atoms with Crippen LogP contribution in [0.25, 0.3) is 6.08 Å². The van der Waals surface area contributed by atoms with E-state index in [1.165, 1.54) is 0 Å². The van der Waals surface area contributed by atoms with Crippen LogP contribution in [-0.4, -0.2) is 37.0 Å². The minimum absolute atomic E-state index is 0.175. The highest BCUT2D eigenvalue weighted by Crippen LogP contribution is 2.39. The zero-order valence-corrected chi connectivity index (χ0v) is 14.5. The number of rotatable bonds is 4. The molecule has 4 nitrogen and oxygen atoms in total. The van der Waals surface area contributed by atoms with Crippen LogP contribution >= 0.6 is 11.6 Å². The van der Waals surface area contributed by atoms with Gasteiger partial charge < -0.3 is 19.7 Å². The van der Waals surface area contributed by atoms with Gasteiger partial charge in [-0.15, -0.1) is 0 Å². The predicted octanol–water partition coefficient (Wildman–Crippen LogP) is 3.28. The van der Waals surface area contributed by atoms with E-state index in [4.69, 9.17) is 20.9 Å². The van der Waals surface area contributed by atoms with Crippen LogP contribution in [0.1, 0.15) is 33.3 Å². The summed E-state index contributed by atoms with van der Waals surface area (Å²) in [4.78, 5) is 0. The highest BCUT2D eigenvalue weighted by atomic mass is 35.5. The lowest BCUT2D eigenvalue weighted by molar-refractivity contribution is 0.00578. The summed E-state index contributed by atoms with van der Waals surface area (Å²) in [6.07, 6.45) is 1.86. The van der Waals surface area contributed by atoms with Crippen LogP contribution in [0.2, 0.25) is 5.02 Å². The minimum atomic E-state index is -0.462. The van der Waals surface area contributed by atoms with Crippen molar-refractivity contribution >= 4 is 24.8 Å². The molecule has 1 heterocycles. The van der Waals surface area contributed by atoms with Gasteiger partial charge in [-0.3, -0.25) is 0 Å². The van der Waals surface area contributed by atoms with Crippen molar-refractivity contribution in [2.45, 2.75) is 38.9 Å². The number of nitrogens with one attached hydrogen (secondary N) is 1. The number of phenols is 1. The third-order valence-corrected chi connectivity index (χ3v) is 4.50. The second kappa shape index (κ2) is 6.24. The van der Waals surface area contributed by atoms with Crippen LogP contribution in [0, 0.1) is 0 Å². The van der Waals surface area contributed by atoms with Crippen LogP contribution in [-0.2, 0) is 9.31 Å². The van der Waals surface area contributed by atoms with E-state index in [0.717, 1.165) is 5.47 Å². The zero-order valence-electron chi connectivity index (χ0n) is 13.7. The van der Waals surface area contributed by atoms with Gasteiger partial charge in [0.15, 0.2) is 0 Å². The normalized spacial score (nSPS) is 20.5. The van der Waals surface area contributed by atoms with Crippen LogP contribution in [0.3, 0.4) is 0 Å². The highest BCUT2D eigenvalue weighted by molar-refractivity contribution is 6.56. The number of hydrogen-bond acceptors (Lipinski definition) is 4. The molecule has 0 atom stereocenters. The number of aromatic hydroxyl groups is 1. The predicted molar refractivity (Wildman–Crippen MR) is 91.1 cm³/mol. The van der Waals surface area contributed by atoms with Gasteiger partial charge in [-0.05, 0) is 58.4 Å². The first-order chi connectivity index (χ1) is 10.2. The maximum atomic E-state index is 9.99. The molecule has 0 aromatic heterocycles. The topological polar surface area (TPSA) is 50.7 Å². The van der Waals surface area contributed by atoms with Gasteiger partial charge in [0.2, 0.25) is 0 Å². The van der Waals surface area contributed by atoms with Crippen molar-refractivity contribution in [3.63, 3.8) is 0 Å². The van der Waals surface area contributed by atoms with Crippen molar-refractivity contribution in [3.05, 3.63) is 34.3 Å². The van der Waals surface area contributed by atoms with Gasteiger partial charge in [-0.1, -0.05) is 17.7 Å². The molecular weight excluding hydrogens is 300 g/mol. The van der Waals surface area contributed by atoms with Gasteiger partial charge in [0.25, 0.3) is 0 Å². The van der Waals surface area contributed by atoms with Crippen LogP contribution in [0.4, 0.5) is 0 Å². The molecule has 0 bridgehead atoms. The van der Waals surface area contributed by atoms with Crippen LogP contribution < -0.4 is 5.32 Å². The lowest BCUT2D eigenvalue weighted by Crippen LogP contribution is -2.41. The molecule has 2 rings (SSSR count). The fourth-order valence-electron chi connectivity index (χ4n) is 2.24. The maximum absolute atomic E-state index is 9.99. The second-order valence-electron chi connectivity index (χ2n) is 6.54. The standard InChI is InChI=1S/C16H23BClNO3/c1-15(2)16(3,4)22-17(21-15)12(10-19-5)8-11-9-13(18)6-7-14(11)20/h6-9,19-20H,10H2,1-5H3. The van der Waals surface area contributed by atoms with E-state index in [0.29, 0.717) is 17.1 Å². The molecule has 1 fully saturated rings. The summed E-state index contributed by atoms with van der Waals surface area (Å²) >= 11 is 6.01. The van der Waals surface area contributed by atoms with E-state index < -0.39 is 18.3 Å². The van der Waals surface area contributed by atoms with Crippen LogP contribution in [0.5, 0.6) is 5.75 Å². The molecule has 1 aromatic rings. The summed E-state index contributed by atoms with van der Waals surface area (Å²) in [7, 11) is 1.40. The highest BCUT2D eigenvalue weighted by Gasteiger charge is 2.52. The summed E-state index contributed by atoms with van der Waals surface area (Å²) in [6, 6.07) is 4.95. The van der Waals surface area contributed by atoms with Crippen molar-refractivity contribution in [1.29, 1.82) is 0 Å². The van der Waals surface area contributed by atoms with E-state index >= 15 is 0 Å². The SMILES string of the molecule is CNCC(=Cc1cc(Cl)ccc1O)B1OC(C)(C)C(C)(C)O1. The average Bonchev–Trinajstić information content (AvgIpc) is 2.62. The van der Waals surface area contributed by atoms with Crippen LogP contribution in [0.15, 0.2) is 23.7 Å². The van der Waals surface area contributed by atoms with Gasteiger partial charge in [-0.25, -0.2) is 0 Å². The fourth-order valence-corrected chi connectivity index (χ4v) is 2.42. The van der Waals surface area contributed by atoms with Gasteiger partial charge >= 0.3 is 7.12 Å². The van der Waals surface area contributed by atoms with E-state index in [9.17, 15) is 5.11 Å². The summed E-state index contributed by atoms with van der Waals surface area (Å²) in [5.74, 6) is 0.175. The molecule has 1 aliphatic rings. The Morgan fingerprint density at radius 3 is 2.41 bits per heavy atom. The molecule has 0 aliphatic carbocycles. The zero-order chi connectivity index (χ0) is 16.5. The Morgan fingerprint density at radius 1 is 1.27 bits per heavy atom. The van der Waals surface area contributed by atoms with Crippen molar-refractivity contribution in [1.82, 2.24) is 5.32 Å². The van der Waals surface area contributed by atoms with Gasteiger partial charge in [-0.2, -0.15) is 0 Å².